The topological polar surface area (TPSA) is 47.4 Å². The Hall–Kier alpha value is -3.51. The fourth-order valence-electron chi connectivity index (χ4n) is 4.90. The van der Waals surface area contributed by atoms with Gasteiger partial charge in [0.05, 0.1) is 17.7 Å². The normalized spacial score (nSPS) is 13.7. The van der Waals surface area contributed by atoms with Gasteiger partial charge in [0, 0.05) is 56.1 Å². The number of benzene rings is 2. The predicted octanol–water partition coefficient (Wildman–Crippen LogP) is 5.00. The Bertz CT molecular complexity index is 1300. The highest BCUT2D eigenvalue weighted by Gasteiger charge is 2.27. The van der Waals surface area contributed by atoms with Gasteiger partial charge in [-0.15, -0.1) is 0 Å². The highest BCUT2D eigenvalue weighted by Crippen LogP contribution is 2.34. The van der Waals surface area contributed by atoms with Crippen LogP contribution in [-0.4, -0.2) is 40.1 Å². The van der Waals surface area contributed by atoms with E-state index in [9.17, 15) is 9.18 Å². The zero-order valence-corrected chi connectivity index (χ0v) is 19.3. The van der Waals surface area contributed by atoms with Crippen molar-refractivity contribution >= 4 is 16.9 Å². The Morgan fingerprint density at radius 2 is 1.94 bits per heavy atom. The SMILES string of the molecule is CCOC(=O)c1cccc2c3c(n(Cc4ccc(F)cc4)c12)CCN(CCc1cccnc1)C3. The maximum absolute atomic E-state index is 13.5. The van der Waals surface area contributed by atoms with Crippen LogP contribution >= 0.6 is 0 Å². The zero-order valence-electron chi connectivity index (χ0n) is 19.3. The van der Waals surface area contributed by atoms with E-state index in [1.165, 1.54) is 29.0 Å². The molecule has 2 aromatic carbocycles. The predicted molar refractivity (Wildman–Crippen MR) is 130 cm³/mol. The standard InChI is InChI=1S/C28H28FN3O2/c1-2-34-28(33)24-7-3-6-23-25-19-31(15-12-20-5-4-14-30-17-20)16-13-26(25)32(27(23)24)18-21-8-10-22(29)11-9-21/h3-11,14,17H,2,12-13,15-16,18-19H2,1H3. The molecule has 0 radical (unpaired) electrons. The Morgan fingerprint density at radius 3 is 2.71 bits per heavy atom. The highest BCUT2D eigenvalue weighted by atomic mass is 19.1. The van der Waals surface area contributed by atoms with Gasteiger partial charge < -0.3 is 9.30 Å². The van der Waals surface area contributed by atoms with Crippen molar-refractivity contribution < 1.29 is 13.9 Å². The number of fused-ring (bicyclic) bond motifs is 3. The van der Waals surface area contributed by atoms with Crippen LogP contribution in [0.1, 0.15) is 39.7 Å². The lowest BCUT2D eigenvalue weighted by atomic mass is 10.0. The van der Waals surface area contributed by atoms with Gasteiger partial charge >= 0.3 is 5.97 Å². The molecule has 0 unspecified atom stereocenters. The van der Waals surface area contributed by atoms with E-state index in [0.717, 1.165) is 48.9 Å². The van der Waals surface area contributed by atoms with E-state index < -0.39 is 0 Å². The van der Waals surface area contributed by atoms with Crippen LogP contribution in [0.5, 0.6) is 0 Å². The third kappa shape index (κ3) is 4.46. The molecule has 1 aliphatic rings. The van der Waals surface area contributed by atoms with E-state index in [-0.39, 0.29) is 11.8 Å². The third-order valence-corrected chi connectivity index (χ3v) is 6.54. The number of para-hydroxylation sites is 1. The number of esters is 1. The summed E-state index contributed by atoms with van der Waals surface area (Å²) in [6.07, 6.45) is 5.56. The van der Waals surface area contributed by atoms with Crippen LogP contribution in [0.25, 0.3) is 10.9 Å². The smallest absolute Gasteiger partial charge is 0.340 e. The van der Waals surface area contributed by atoms with Crippen LogP contribution in [0.4, 0.5) is 4.39 Å². The fraction of sp³-hybridized carbons (Fsp3) is 0.286. The Morgan fingerprint density at radius 1 is 1.09 bits per heavy atom. The van der Waals surface area contributed by atoms with Crippen molar-refractivity contribution in [2.75, 3.05) is 19.7 Å². The van der Waals surface area contributed by atoms with Gasteiger partial charge in [0.2, 0.25) is 0 Å². The number of rotatable bonds is 7. The van der Waals surface area contributed by atoms with Crippen molar-refractivity contribution in [1.82, 2.24) is 14.5 Å². The maximum atomic E-state index is 13.5. The van der Waals surface area contributed by atoms with Crippen LogP contribution in [0.2, 0.25) is 0 Å². The van der Waals surface area contributed by atoms with E-state index in [1.54, 1.807) is 6.20 Å². The first-order chi connectivity index (χ1) is 16.6. The van der Waals surface area contributed by atoms with Gasteiger partial charge in [-0.05, 0) is 54.3 Å². The van der Waals surface area contributed by atoms with Crippen LogP contribution < -0.4 is 0 Å². The van der Waals surface area contributed by atoms with E-state index in [1.807, 2.05) is 43.5 Å². The molecule has 0 saturated carbocycles. The van der Waals surface area contributed by atoms with Crippen molar-refractivity contribution in [3.05, 3.63) is 101 Å². The molecule has 3 heterocycles. The van der Waals surface area contributed by atoms with Gasteiger partial charge in [0.1, 0.15) is 5.82 Å². The number of hydrogen-bond donors (Lipinski definition) is 0. The molecule has 0 bridgehead atoms. The molecule has 5 rings (SSSR count). The molecule has 1 aliphatic heterocycles. The van der Waals surface area contributed by atoms with E-state index >= 15 is 0 Å². The maximum Gasteiger partial charge on any atom is 0.340 e. The van der Waals surface area contributed by atoms with E-state index in [0.29, 0.717) is 18.7 Å². The quantitative estimate of drug-likeness (QED) is 0.367. The van der Waals surface area contributed by atoms with Gasteiger partial charge in [-0.25, -0.2) is 9.18 Å². The number of carbonyl (C=O) groups is 1. The molecular weight excluding hydrogens is 429 g/mol. The van der Waals surface area contributed by atoms with Gasteiger partial charge in [0.15, 0.2) is 0 Å². The van der Waals surface area contributed by atoms with Gasteiger partial charge in [-0.3, -0.25) is 9.88 Å². The summed E-state index contributed by atoms with van der Waals surface area (Å²) in [4.78, 5) is 19.5. The second-order valence-corrected chi connectivity index (χ2v) is 8.70. The first kappa shape index (κ1) is 22.3. The summed E-state index contributed by atoms with van der Waals surface area (Å²) in [6.45, 7) is 5.46. The second-order valence-electron chi connectivity index (χ2n) is 8.70. The van der Waals surface area contributed by atoms with Crippen molar-refractivity contribution in [2.24, 2.45) is 0 Å². The molecule has 0 saturated heterocycles. The summed E-state index contributed by atoms with van der Waals surface area (Å²) in [7, 11) is 0. The van der Waals surface area contributed by atoms with Crippen LogP contribution in [0.3, 0.4) is 0 Å². The number of hydrogen-bond acceptors (Lipinski definition) is 4. The van der Waals surface area contributed by atoms with Crippen molar-refractivity contribution in [1.29, 1.82) is 0 Å². The lowest BCUT2D eigenvalue weighted by molar-refractivity contribution is 0.0528. The molecule has 0 fully saturated rings. The molecule has 5 nitrogen and oxygen atoms in total. The monoisotopic (exact) mass is 457 g/mol. The number of carbonyl (C=O) groups excluding carboxylic acids is 1. The molecule has 4 aromatic rings. The minimum absolute atomic E-state index is 0.250. The summed E-state index contributed by atoms with van der Waals surface area (Å²) in [5.74, 6) is -0.559. The largest absolute Gasteiger partial charge is 0.462 e. The lowest BCUT2D eigenvalue weighted by Crippen LogP contribution is -2.32. The molecule has 174 valence electrons. The number of aromatic nitrogens is 2. The van der Waals surface area contributed by atoms with Gasteiger partial charge in [-0.1, -0.05) is 30.3 Å². The summed E-state index contributed by atoms with van der Waals surface area (Å²) in [5.41, 5.74) is 6.23. The van der Waals surface area contributed by atoms with Crippen LogP contribution in [-0.2, 0) is 30.7 Å². The Balaban J connectivity index is 1.52. The summed E-state index contributed by atoms with van der Waals surface area (Å²) < 4.78 is 21.1. The minimum Gasteiger partial charge on any atom is -0.462 e. The first-order valence-corrected chi connectivity index (χ1v) is 11.8. The van der Waals surface area contributed by atoms with Crippen LogP contribution in [0.15, 0.2) is 67.0 Å². The number of halogens is 1. The van der Waals surface area contributed by atoms with Crippen LogP contribution in [0, 0.1) is 5.82 Å². The van der Waals surface area contributed by atoms with E-state index in [2.05, 4.69) is 26.6 Å². The molecule has 2 aromatic heterocycles. The van der Waals surface area contributed by atoms with Gasteiger partial charge in [0.25, 0.3) is 0 Å². The van der Waals surface area contributed by atoms with Crippen molar-refractivity contribution in [2.45, 2.75) is 32.9 Å². The zero-order chi connectivity index (χ0) is 23.5. The first-order valence-electron chi connectivity index (χ1n) is 11.8. The molecule has 0 N–H and O–H groups in total. The molecular formula is C28H28FN3O2. The van der Waals surface area contributed by atoms with Gasteiger partial charge in [-0.2, -0.15) is 0 Å². The average molecular weight is 458 g/mol. The van der Waals surface area contributed by atoms with E-state index in [4.69, 9.17) is 4.74 Å². The Labute approximate surface area is 198 Å². The second kappa shape index (κ2) is 9.77. The molecule has 34 heavy (non-hydrogen) atoms. The Kier molecular flexibility index (Phi) is 6.41. The summed E-state index contributed by atoms with van der Waals surface area (Å²) >= 11 is 0. The summed E-state index contributed by atoms with van der Waals surface area (Å²) in [6, 6.07) is 16.6. The summed E-state index contributed by atoms with van der Waals surface area (Å²) in [5, 5.41) is 1.09. The average Bonchev–Trinajstić information content (AvgIpc) is 3.18. The highest BCUT2D eigenvalue weighted by molar-refractivity contribution is 6.04. The van der Waals surface area contributed by atoms with Crippen molar-refractivity contribution in [3.63, 3.8) is 0 Å². The molecule has 6 heteroatoms. The molecule has 0 spiro atoms. The number of ether oxygens (including phenoxy) is 1. The number of nitrogens with zero attached hydrogens (tertiary/aromatic N) is 3. The minimum atomic E-state index is -0.309. The third-order valence-electron chi connectivity index (χ3n) is 6.54. The lowest BCUT2D eigenvalue weighted by Gasteiger charge is -2.28. The molecule has 0 aliphatic carbocycles. The fourth-order valence-corrected chi connectivity index (χ4v) is 4.90. The molecule has 0 amide bonds. The van der Waals surface area contributed by atoms with Crippen molar-refractivity contribution in [3.8, 4) is 0 Å². The number of pyridine rings is 1. The molecule has 0 atom stereocenters.